The molecule has 0 unspecified atom stereocenters. The van der Waals surface area contributed by atoms with Crippen molar-refractivity contribution >= 4 is 46.4 Å². The molecule has 0 aliphatic carbocycles. The monoisotopic (exact) mass is 507 g/mol. The highest BCUT2D eigenvalue weighted by Gasteiger charge is 2.30. The van der Waals surface area contributed by atoms with Crippen LogP contribution in [0.15, 0.2) is 59.6 Å². The standard InChI is InChI=1S/C25H27BClN5O2S/c1-16-7-8-19(21(27)13-16)22-14-24(32-25(30-22)20(26)15-28-32)29-18-9-11-31(12-10-18)35(33,34)23-6-4-3-5-17(23)2/h3-8,13-15,18,29H,9-12,26H2,1-2H3. The summed E-state index contributed by atoms with van der Waals surface area (Å²) in [5.41, 5.74) is 5.23. The number of piperidine rings is 1. The molecule has 180 valence electrons. The zero-order valence-corrected chi connectivity index (χ0v) is 21.6. The summed E-state index contributed by atoms with van der Waals surface area (Å²) in [7, 11) is -1.53. The number of hydrogen-bond donors (Lipinski definition) is 1. The maximum absolute atomic E-state index is 13.2. The summed E-state index contributed by atoms with van der Waals surface area (Å²) in [5.74, 6) is 0.815. The number of rotatable bonds is 5. The van der Waals surface area contributed by atoms with Gasteiger partial charge in [-0.2, -0.15) is 13.9 Å². The molecule has 1 aliphatic rings. The van der Waals surface area contributed by atoms with Crippen LogP contribution in [0.4, 0.5) is 5.82 Å². The number of nitrogens with one attached hydrogen (secondary N) is 1. The summed E-state index contributed by atoms with van der Waals surface area (Å²) in [6.07, 6.45) is 3.18. The van der Waals surface area contributed by atoms with Gasteiger partial charge in [-0.25, -0.2) is 13.4 Å². The Kier molecular flexibility index (Phi) is 6.33. The highest BCUT2D eigenvalue weighted by Crippen LogP contribution is 2.30. The quantitative estimate of drug-likeness (QED) is 0.420. The molecule has 1 saturated heterocycles. The first kappa shape index (κ1) is 23.8. The highest BCUT2D eigenvalue weighted by atomic mass is 35.5. The Morgan fingerprint density at radius 2 is 1.83 bits per heavy atom. The molecule has 1 aliphatic heterocycles. The summed E-state index contributed by atoms with van der Waals surface area (Å²) in [6.45, 7) is 4.75. The van der Waals surface area contributed by atoms with Gasteiger partial charge in [0.25, 0.3) is 0 Å². The van der Waals surface area contributed by atoms with Crippen molar-refractivity contribution in [3.63, 3.8) is 0 Å². The van der Waals surface area contributed by atoms with E-state index in [0.717, 1.165) is 39.3 Å². The van der Waals surface area contributed by atoms with Crippen molar-refractivity contribution in [2.75, 3.05) is 18.4 Å². The molecular formula is C25H27BClN5O2S. The average Bonchev–Trinajstić information content (AvgIpc) is 3.20. The molecule has 7 nitrogen and oxygen atoms in total. The molecule has 4 aromatic rings. The van der Waals surface area contributed by atoms with E-state index in [4.69, 9.17) is 16.6 Å². The molecule has 10 heteroatoms. The van der Waals surface area contributed by atoms with Crippen molar-refractivity contribution < 1.29 is 8.42 Å². The summed E-state index contributed by atoms with van der Waals surface area (Å²) >= 11 is 6.55. The van der Waals surface area contributed by atoms with Gasteiger partial charge in [0.15, 0.2) is 5.65 Å². The maximum Gasteiger partial charge on any atom is 0.243 e. The van der Waals surface area contributed by atoms with Crippen molar-refractivity contribution in [3.05, 3.63) is 70.9 Å². The summed E-state index contributed by atoms with van der Waals surface area (Å²) < 4.78 is 29.7. The van der Waals surface area contributed by atoms with Crippen molar-refractivity contribution in [2.24, 2.45) is 0 Å². The lowest BCUT2D eigenvalue weighted by atomic mass is 10.0. The van der Waals surface area contributed by atoms with Gasteiger partial charge in [-0.15, -0.1) is 0 Å². The number of nitrogens with zero attached hydrogens (tertiary/aromatic N) is 4. The lowest BCUT2D eigenvalue weighted by molar-refractivity contribution is 0.329. The first-order valence-electron chi connectivity index (χ1n) is 11.7. The number of fused-ring (bicyclic) bond motifs is 1. The molecule has 5 rings (SSSR count). The van der Waals surface area contributed by atoms with Gasteiger partial charge in [-0.3, -0.25) is 0 Å². The van der Waals surface area contributed by atoms with Crippen LogP contribution in [0.1, 0.15) is 24.0 Å². The fraction of sp³-hybridized carbons (Fsp3) is 0.280. The van der Waals surface area contributed by atoms with Crippen LogP contribution in [0.5, 0.6) is 0 Å². The first-order valence-corrected chi connectivity index (χ1v) is 13.5. The van der Waals surface area contributed by atoms with Crippen molar-refractivity contribution in [3.8, 4) is 11.3 Å². The van der Waals surface area contributed by atoms with Gasteiger partial charge in [-0.1, -0.05) is 41.9 Å². The Labute approximate surface area is 211 Å². The van der Waals surface area contributed by atoms with E-state index in [1.165, 1.54) is 0 Å². The molecular weight excluding hydrogens is 481 g/mol. The summed E-state index contributed by atoms with van der Waals surface area (Å²) in [5, 5.41) is 8.76. The van der Waals surface area contributed by atoms with E-state index in [-0.39, 0.29) is 6.04 Å². The van der Waals surface area contributed by atoms with Gasteiger partial charge in [0.2, 0.25) is 10.0 Å². The number of hydrogen-bond acceptors (Lipinski definition) is 5. The predicted molar refractivity (Wildman–Crippen MR) is 143 cm³/mol. The molecule has 1 fully saturated rings. The van der Waals surface area contributed by atoms with Gasteiger partial charge in [0.1, 0.15) is 13.7 Å². The Hall–Kier alpha value is -2.88. The lowest BCUT2D eigenvalue weighted by Crippen LogP contribution is -2.42. The molecule has 0 bridgehead atoms. The minimum absolute atomic E-state index is 0.106. The van der Waals surface area contributed by atoms with Crippen LogP contribution < -0.4 is 10.8 Å². The fourth-order valence-electron chi connectivity index (χ4n) is 4.58. The Morgan fingerprint density at radius 1 is 1.09 bits per heavy atom. The smallest absolute Gasteiger partial charge is 0.243 e. The zero-order chi connectivity index (χ0) is 24.7. The van der Waals surface area contributed by atoms with Gasteiger partial charge in [-0.05, 0) is 55.4 Å². The zero-order valence-electron chi connectivity index (χ0n) is 20.0. The van der Waals surface area contributed by atoms with Crippen LogP contribution in [0.2, 0.25) is 5.02 Å². The van der Waals surface area contributed by atoms with E-state index < -0.39 is 10.0 Å². The molecule has 35 heavy (non-hydrogen) atoms. The molecule has 0 saturated carbocycles. The minimum Gasteiger partial charge on any atom is -0.367 e. The van der Waals surface area contributed by atoms with Crippen LogP contribution in [0, 0.1) is 13.8 Å². The number of aromatic nitrogens is 3. The van der Waals surface area contributed by atoms with Crippen molar-refractivity contribution in [1.82, 2.24) is 18.9 Å². The SMILES string of the molecule is Bc1cnn2c(NC3CCN(S(=O)(=O)c4ccccc4C)CC3)cc(-c3ccc(C)cc3Cl)nc12. The second-order valence-electron chi connectivity index (χ2n) is 9.16. The molecule has 0 spiro atoms. The summed E-state index contributed by atoms with van der Waals surface area (Å²) in [4.78, 5) is 5.21. The Morgan fingerprint density at radius 3 is 2.54 bits per heavy atom. The number of aryl methyl sites for hydroxylation is 2. The van der Waals surface area contributed by atoms with Crippen LogP contribution in [-0.2, 0) is 10.0 Å². The maximum atomic E-state index is 13.2. The Balaban J connectivity index is 1.39. The third-order valence-electron chi connectivity index (χ3n) is 6.57. The van der Waals surface area contributed by atoms with E-state index in [1.54, 1.807) is 27.2 Å². The van der Waals surface area contributed by atoms with E-state index in [0.29, 0.717) is 35.8 Å². The second-order valence-corrected chi connectivity index (χ2v) is 11.5. The van der Waals surface area contributed by atoms with Gasteiger partial charge >= 0.3 is 0 Å². The Bertz CT molecular complexity index is 1510. The number of anilines is 1. The third kappa shape index (κ3) is 4.56. The second kappa shape index (κ2) is 9.30. The van der Waals surface area contributed by atoms with Crippen LogP contribution in [-0.4, -0.2) is 54.3 Å². The van der Waals surface area contributed by atoms with Crippen LogP contribution >= 0.6 is 11.6 Å². The molecule has 0 atom stereocenters. The van der Waals surface area contributed by atoms with Gasteiger partial charge in [0.05, 0.1) is 15.6 Å². The van der Waals surface area contributed by atoms with Crippen LogP contribution in [0.3, 0.4) is 0 Å². The molecule has 0 amide bonds. The van der Waals surface area contributed by atoms with E-state index in [2.05, 4.69) is 10.4 Å². The lowest BCUT2D eigenvalue weighted by Gasteiger charge is -2.32. The van der Waals surface area contributed by atoms with Gasteiger partial charge in [0, 0.05) is 37.0 Å². The number of sulfonamides is 1. The van der Waals surface area contributed by atoms with Crippen molar-refractivity contribution in [2.45, 2.75) is 37.6 Å². The number of benzene rings is 2. The number of halogens is 1. The largest absolute Gasteiger partial charge is 0.367 e. The van der Waals surface area contributed by atoms with E-state index >= 15 is 0 Å². The average molecular weight is 508 g/mol. The molecule has 0 radical (unpaired) electrons. The normalized spacial score (nSPS) is 15.5. The van der Waals surface area contributed by atoms with Gasteiger partial charge < -0.3 is 5.32 Å². The predicted octanol–water partition coefficient (Wildman–Crippen LogP) is 3.19. The molecule has 2 aromatic heterocycles. The van der Waals surface area contributed by atoms with E-state index in [9.17, 15) is 8.42 Å². The van der Waals surface area contributed by atoms with Crippen molar-refractivity contribution in [1.29, 1.82) is 0 Å². The topological polar surface area (TPSA) is 79.6 Å². The summed E-state index contributed by atoms with van der Waals surface area (Å²) in [6, 6.07) is 15.2. The van der Waals surface area contributed by atoms with E-state index in [1.807, 2.05) is 58.1 Å². The minimum atomic E-state index is -3.51. The molecule has 3 heterocycles. The molecule has 2 aromatic carbocycles. The fourth-order valence-corrected chi connectivity index (χ4v) is 6.60. The molecule has 1 N–H and O–H groups in total. The van der Waals surface area contributed by atoms with Crippen LogP contribution in [0.25, 0.3) is 16.9 Å². The highest BCUT2D eigenvalue weighted by molar-refractivity contribution is 7.89. The third-order valence-corrected chi connectivity index (χ3v) is 8.94. The first-order chi connectivity index (χ1) is 16.7.